The Bertz CT molecular complexity index is 880. The van der Waals surface area contributed by atoms with Crippen LogP contribution in [0, 0.1) is 17.3 Å². The Morgan fingerprint density at radius 3 is 2.52 bits per heavy atom. The molecule has 156 valence electrons. The maximum absolute atomic E-state index is 12.8. The third-order valence-corrected chi connectivity index (χ3v) is 6.03. The maximum Gasteiger partial charge on any atom is 0.275 e. The summed E-state index contributed by atoms with van der Waals surface area (Å²) in [4.78, 5) is 32.2. The molecule has 0 aromatic carbocycles. The largest absolute Gasteiger partial charge is 0.347 e. The average Bonchev–Trinajstić information content (AvgIpc) is 2.72. The first-order chi connectivity index (χ1) is 13.8. The number of pyridine rings is 1. The molecule has 0 spiro atoms. The smallest absolute Gasteiger partial charge is 0.275 e. The zero-order valence-electron chi connectivity index (χ0n) is 17.7. The topological polar surface area (TPSA) is 101 Å². The molecule has 2 aromatic rings. The summed E-state index contributed by atoms with van der Waals surface area (Å²) in [7, 11) is 0. The molecule has 3 rings (SSSR count). The molecule has 0 aliphatic heterocycles. The fourth-order valence-electron chi connectivity index (χ4n) is 4.08. The molecule has 0 saturated heterocycles. The molecule has 1 saturated carbocycles. The van der Waals surface area contributed by atoms with E-state index >= 15 is 0 Å². The van der Waals surface area contributed by atoms with E-state index in [4.69, 9.17) is 0 Å². The Balaban J connectivity index is 1.67. The second-order valence-corrected chi connectivity index (χ2v) is 9.01. The maximum atomic E-state index is 12.8. The van der Waals surface area contributed by atoms with E-state index in [-0.39, 0.29) is 28.5 Å². The number of hydrogen-bond donors (Lipinski definition) is 2. The highest BCUT2D eigenvalue weighted by molar-refractivity contribution is 5.79. The molecular weight excluding hydrogens is 366 g/mol. The molecule has 1 atom stereocenters. The van der Waals surface area contributed by atoms with Crippen molar-refractivity contribution in [2.75, 3.05) is 0 Å². The number of nitrogens with zero attached hydrogens (tertiary/aromatic N) is 3. The van der Waals surface area contributed by atoms with Crippen LogP contribution in [0.1, 0.15) is 71.5 Å². The normalized spacial score (nSPS) is 20.8. The van der Waals surface area contributed by atoms with Crippen LogP contribution >= 0.6 is 0 Å². The number of nitrogens with one attached hydrogen (secondary N) is 2. The monoisotopic (exact) mass is 397 g/mol. The molecule has 2 aromatic heterocycles. The van der Waals surface area contributed by atoms with Gasteiger partial charge in [0.1, 0.15) is 0 Å². The molecule has 2 N–H and O–H groups in total. The van der Waals surface area contributed by atoms with Crippen LogP contribution in [-0.4, -0.2) is 26.1 Å². The zero-order valence-corrected chi connectivity index (χ0v) is 17.7. The molecule has 29 heavy (non-hydrogen) atoms. The Morgan fingerprint density at radius 1 is 1.24 bits per heavy atom. The van der Waals surface area contributed by atoms with Gasteiger partial charge in [0, 0.05) is 23.9 Å². The molecule has 1 aliphatic carbocycles. The predicted molar refractivity (Wildman–Crippen MR) is 112 cm³/mol. The van der Waals surface area contributed by atoms with Crippen LogP contribution in [0.4, 0.5) is 0 Å². The van der Waals surface area contributed by atoms with Crippen molar-refractivity contribution in [2.24, 2.45) is 17.3 Å². The van der Waals surface area contributed by atoms with E-state index in [1.165, 1.54) is 0 Å². The van der Waals surface area contributed by atoms with Crippen LogP contribution in [-0.2, 0) is 4.79 Å². The molecule has 1 amide bonds. The number of rotatable bonds is 5. The van der Waals surface area contributed by atoms with Gasteiger partial charge in [-0.1, -0.05) is 27.7 Å². The van der Waals surface area contributed by atoms with Crippen molar-refractivity contribution < 1.29 is 4.79 Å². The fourth-order valence-corrected chi connectivity index (χ4v) is 4.08. The van der Waals surface area contributed by atoms with Crippen molar-refractivity contribution >= 4 is 5.91 Å². The highest BCUT2D eigenvalue weighted by Gasteiger charge is 2.33. The summed E-state index contributed by atoms with van der Waals surface area (Å²) in [5.41, 5.74) is 0.891. The number of amides is 1. The summed E-state index contributed by atoms with van der Waals surface area (Å²) in [6, 6.07) is 3.13. The van der Waals surface area contributed by atoms with Gasteiger partial charge >= 0.3 is 0 Å². The Hall–Kier alpha value is -2.57. The van der Waals surface area contributed by atoms with Crippen LogP contribution in [0.25, 0.3) is 11.4 Å². The lowest BCUT2D eigenvalue weighted by Gasteiger charge is -2.36. The van der Waals surface area contributed by atoms with Gasteiger partial charge in [-0.15, -0.1) is 10.2 Å². The van der Waals surface area contributed by atoms with Gasteiger partial charge in [-0.05, 0) is 55.6 Å². The van der Waals surface area contributed by atoms with Crippen molar-refractivity contribution in [1.82, 2.24) is 25.5 Å². The first-order valence-electron chi connectivity index (χ1n) is 10.5. The molecule has 7 nitrogen and oxygen atoms in total. The minimum Gasteiger partial charge on any atom is -0.347 e. The van der Waals surface area contributed by atoms with E-state index in [0.29, 0.717) is 23.7 Å². The number of carbonyl (C=O) groups is 1. The third-order valence-electron chi connectivity index (χ3n) is 6.03. The Labute approximate surface area is 171 Å². The molecule has 1 unspecified atom stereocenters. The Kier molecular flexibility index (Phi) is 6.45. The summed E-state index contributed by atoms with van der Waals surface area (Å²) in [6.07, 6.45) is 7.77. The first-order valence-corrected chi connectivity index (χ1v) is 10.5. The number of aromatic amines is 1. The molecule has 0 radical (unpaired) electrons. The zero-order chi connectivity index (χ0) is 21.0. The van der Waals surface area contributed by atoms with Crippen molar-refractivity contribution in [3.63, 3.8) is 0 Å². The van der Waals surface area contributed by atoms with E-state index in [2.05, 4.69) is 46.3 Å². The SMILES string of the molecule is CCC(NC(=O)C1CCC(C(C)(C)C)CC1)c1nnc(-c2cccnc2)[nH]c1=O. The summed E-state index contributed by atoms with van der Waals surface area (Å²) in [6.45, 7) is 8.74. The molecule has 1 aliphatic rings. The lowest BCUT2D eigenvalue weighted by molar-refractivity contribution is -0.127. The lowest BCUT2D eigenvalue weighted by atomic mass is 9.69. The van der Waals surface area contributed by atoms with Gasteiger partial charge in [0.15, 0.2) is 11.5 Å². The lowest BCUT2D eigenvalue weighted by Crippen LogP contribution is -2.39. The quantitative estimate of drug-likeness (QED) is 0.802. The van der Waals surface area contributed by atoms with E-state index in [1.54, 1.807) is 24.5 Å². The number of aromatic nitrogens is 4. The van der Waals surface area contributed by atoms with Crippen LogP contribution in [0.2, 0.25) is 0 Å². The third kappa shape index (κ3) is 5.08. The van der Waals surface area contributed by atoms with Crippen molar-refractivity contribution in [3.05, 3.63) is 40.6 Å². The van der Waals surface area contributed by atoms with Gasteiger partial charge in [-0.2, -0.15) is 0 Å². The number of hydrogen-bond acceptors (Lipinski definition) is 5. The summed E-state index contributed by atoms with van der Waals surface area (Å²) < 4.78 is 0. The summed E-state index contributed by atoms with van der Waals surface area (Å²) in [5.74, 6) is 1.04. The standard InChI is InChI=1S/C22H31N5O2/c1-5-17(24-20(28)14-8-10-16(11-9-14)22(2,3)4)18-21(29)25-19(27-26-18)15-7-6-12-23-13-15/h6-7,12-14,16-17H,5,8-11H2,1-4H3,(H,24,28)(H,25,27,29). The summed E-state index contributed by atoms with van der Waals surface area (Å²) >= 11 is 0. The first kappa shape index (κ1) is 21.1. The van der Waals surface area contributed by atoms with Gasteiger partial charge in [0.05, 0.1) is 6.04 Å². The van der Waals surface area contributed by atoms with E-state index in [1.807, 2.05) is 6.92 Å². The molecule has 1 fully saturated rings. The number of carbonyl (C=O) groups excluding carboxylic acids is 1. The van der Waals surface area contributed by atoms with Gasteiger partial charge in [-0.25, -0.2) is 0 Å². The second-order valence-electron chi connectivity index (χ2n) is 9.01. The van der Waals surface area contributed by atoms with Crippen LogP contribution < -0.4 is 10.9 Å². The van der Waals surface area contributed by atoms with Crippen molar-refractivity contribution in [3.8, 4) is 11.4 Å². The minimum atomic E-state index is -0.443. The molecular formula is C22H31N5O2. The van der Waals surface area contributed by atoms with Crippen molar-refractivity contribution in [1.29, 1.82) is 0 Å². The molecule has 7 heteroatoms. The van der Waals surface area contributed by atoms with E-state index < -0.39 is 6.04 Å². The van der Waals surface area contributed by atoms with E-state index in [0.717, 1.165) is 25.7 Å². The van der Waals surface area contributed by atoms with Gasteiger partial charge in [0.2, 0.25) is 5.91 Å². The van der Waals surface area contributed by atoms with Crippen LogP contribution in [0.15, 0.2) is 29.3 Å². The number of H-pyrrole nitrogens is 1. The predicted octanol–water partition coefficient (Wildman–Crippen LogP) is 3.65. The van der Waals surface area contributed by atoms with Crippen LogP contribution in [0.5, 0.6) is 0 Å². The fraction of sp³-hybridized carbons (Fsp3) is 0.591. The van der Waals surface area contributed by atoms with Gasteiger partial charge in [-0.3, -0.25) is 14.6 Å². The Morgan fingerprint density at radius 2 is 1.97 bits per heavy atom. The molecule has 0 bridgehead atoms. The average molecular weight is 398 g/mol. The van der Waals surface area contributed by atoms with Gasteiger partial charge < -0.3 is 10.3 Å². The highest BCUT2D eigenvalue weighted by Crippen LogP contribution is 2.39. The second kappa shape index (κ2) is 8.84. The van der Waals surface area contributed by atoms with Gasteiger partial charge in [0.25, 0.3) is 5.56 Å². The minimum absolute atomic E-state index is 0.00403. The van der Waals surface area contributed by atoms with Crippen molar-refractivity contribution in [2.45, 2.75) is 65.8 Å². The van der Waals surface area contributed by atoms with E-state index in [9.17, 15) is 9.59 Å². The van der Waals surface area contributed by atoms with Crippen LogP contribution in [0.3, 0.4) is 0 Å². The highest BCUT2D eigenvalue weighted by atomic mass is 16.2. The molecule has 2 heterocycles. The summed E-state index contributed by atoms with van der Waals surface area (Å²) in [5, 5.41) is 11.3.